The average Bonchev–Trinajstić information content (AvgIpc) is 2.78. The van der Waals surface area contributed by atoms with Gasteiger partial charge in [0.2, 0.25) is 0 Å². The van der Waals surface area contributed by atoms with E-state index in [0.29, 0.717) is 6.54 Å². The van der Waals surface area contributed by atoms with Crippen molar-refractivity contribution in [2.24, 2.45) is 7.05 Å². The lowest BCUT2D eigenvalue weighted by Crippen LogP contribution is -2.14. The second-order valence-corrected chi connectivity index (χ2v) is 4.39. The van der Waals surface area contributed by atoms with E-state index in [4.69, 9.17) is 0 Å². The van der Waals surface area contributed by atoms with Crippen LogP contribution in [0.1, 0.15) is 11.4 Å². The highest BCUT2D eigenvalue weighted by molar-refractivity contribution is 5.81. The van der Waals surface area contributed by atoms with Crippen LogP contribution in [0.15, 0.2) is 42.9 Å². The number of rotatable bonds is 4. The second-order valence-electron chi connectivity index (χ2n) is 4.39. The summed E-state index contributed by atoms with van der Waals surface area (Å²) < 4.78 is 1.91. The average molecular weight is 253 g/mol. The van der Waals surface area contributed by atoms with Gasteiger partial charge in [0.05, 0.1) is 16.9 Å². The summed E-state index contributed by atoms with van der Waals surface area (Å²) in [7, 11) is 1.97. The Labute approximate surface area is 111 Å². The van der Waals surface area contributed by atoms with Gasteiger partial charge >= 0.3 is 0 Å². The number of nitrogens with one attached hydrogen (secondary N) is 1. The molecule has 0 atom stereocenters. The molecule has 0 radical (unpaired) electrons. The Hall–Kier alpha value is -2.27. The summed E-state index contributed by atoms with van der Waals surface area (Å²) in [6.45, 7) is 1.44. The highest BCUT2D eigenvalue weighted by Crippen LogP contribution is 2.17. The maximum Gasteiger partial charge on any atom is 0.115 e. The summed E-state index contributed by atoms with van der Waals surface area (Å²) in [6, 6.07) is 10.2. The van der Waals surface area contributed by atoms with Gasteiger partial charge in [-0.15, -0.1) is 0 Å². The van der Waals surface area contributed by atoms with Crippen molar-refractivity contribution in [3.63, 3.8) is 0 Å². The van der Waals surface area contributed by atoms with Gasteiger partial charge in [0.15, 0.2) is 0 Å². The van der Waals surface area contributed by atoms with E-state index in [1.54, 1.807) is 12.5 Å². The molecule has 0 saturated heterocycles. The Morgan fingerprint density at radius 2 is 2.05 bits per heavy atom. The summed E-state index contributed by atoms with van der Waals surface area (Å²) in [5.41, 5.74) is 3.20. The first-order chi connectivity index (χ1) is 9.34. The van der Waals surface area contributed by atoms with Gasteiger partial charge in [-0.1, -0.05) is 18.2 Å². The Kier molecular flexibility index (Phi) is 3.20. The molecule has 0 fully saturated rings. The Morgan fingerprint density at radius 1 is 1.16 bits per heavy atom. The van der Waals surface area contributed by atoms with Gasteiger partial charge in [-0.3, -0.25) is 4.68 Å². The predicted molar refractivity (Wildman–Crippen MR) is 73.3 cm³/mol. The summed E-state index contributed by atoms with van der Waals surface area (Å²) in [4.78, 5) is 8.08. The number of fused-ring (bicyclic) bond motifs is 1. The van der Waals surface area contributed by atoms with E-state index in [2.05, 4.69) is 32.5 Å². The number of benzene rings is 1. The van der Waals surface area contributed by atoms with Crippen molar-refractivity contribution in [3.8, 4) is 0 Å². The molecule has 3 aromatic rings. The van der Waals surface area contributed by atoms with Gasteiger partial charge in [-0.05, 0) is 12.1 Å². The van der Waals surface area contributed by atoms with Crippen molar-refractivity contribution in [2.75, 3.05) is 0 Å². The SMILES string of the molecule is Cn1nc(CNCc2ccncn2)c2ccccc21. The third-order valence-electron chi connectivity index (χ3n) is 3.08. The first-order valence-electron chi connectivity index (χ1n) is 6.21. The zero-order chi connectivity index (χ0) is 13.1. The van der Waals surface area contributed by atoms with Crippen molar-refractivity contribution in [1.82, 2.24) is 25.1 Å². The first kappa shape index (κ1) is 11.8. The van der Waals surface area contributed by atoms with Gasteiger partial charge in [0.25, 0.3) is 0 Å². The molecule has 0 saturated carbocycles. The molecule has 5 nitrogen and oxygen atoms in total. The molecule has 2 aromatic heterocycles. The van der Waals surface area contributed by atoms with Crippen molar-refractivity contribution in [2.45, 2.75) is 13.1 Å². The first-order valence-corrected chi connectivity index (χ1v) is 6.21. The maximum absolute atomic E-state index is 4.54. The molecule has 1 aromatic carbocycles. The molecule has 0 spiro atoms. The number of hydrogen-bond acceptors (Lipinski definition) is 4. The fraction of sp³-hybridized carbons (Fsp3) is 0.214. The van der Waals surface area contributed by atoms with E-state index in [0.717, 1.165) is 23.4 Å². The molecule has 5 heteroatoms. The van der Waals surface area contributed by atoms with Crippen molar-refractivity contribution in [3.05, 3.63) is 54.2 Å². The van der Waals surface area contributed by atoms with E-state index in [-0.39, 0.29) is 0 Å². The van der Waals surface area contributed by atoms with Crippen LogP contribution in [0.3, 0.4) is 0 Å². The molecular formula is C14H15N5. The predicted octanol–water partition coefficient (Wildman–Crippen LogP) is 1.65. The van der Waals surface area contributed by atoms with Crippen molar-refractivity contribution < 1.29 is 0 Å². The smallest absolute Gasteiger partial charge is 0.115 e. The van der Waals surface area contributed by atoms with Crippen LogP contribution in [0.25, 0.3) is 10.9 Å². The monoisotopic (exact) mass is 253 g/mol. The molecule has 0 bridgehead atoms. The molecule has 3 rings (SSSR count). The molecule has 0 aliphatic rings. The molecule has 0 amide bonds. The van der Waals surface area contributed by atoms with Crippen molar-refractivity contribution >= 4 is 10.9 Å². The normalized spacial score (nSPS) is 11.0. The fourth-order valence-corrected chi connectivity index (χ4v) is 2.15. The number of aryl methyl sites for hydroxylation is 1. The summed E-state index contributed by atoms with van der Waals surface area (Å²) in [5.74, 6) is 0. The molecule has 0 unspecified atom stereocenters. The van der Waals surface area contributed by atoms with Crippen LogP contribution in [0.4, 0.5) is 0 Å². The fourth-order valence-electron chi connectivity index (χ4n) is 2.15. The third-order valence-corrected chi connectivity index (χ3v) is 3.08. The summed E-state index contributed by atoms with van der Waals surface area (Å²) >= 11 is 0. The van der Waals surface area contributed by atoms with Crippen LogP contribution >= 0.6 is 0 Å². The minimum atomic E-state index is 0.716. The lowest BCUT2D eigenvalue weighted by molar-refractivity contribution is 0.651. The van der Waals surface area contributed by atoms with E-state index in [1.807, 2.05) is 29.9 Å². The lowest BCUT2D eigenvalue weighted by Gasteiger charge is -2.02. The van der Waals surface area contributed by atoms with E-state index >= 15 is 0 Å². The number of aromatic nitrogens is 4. The Bertz CT molecular complexity index is 675. The molecular weight excluding hydrogens is 238 g/mol. The zero-order valence-electron chi connectivity index (χ0n) is 10.7. The molecule has 19 heavy (non-hydrogen) atoms. The highest BCUT2D eigenvalue weighted by Gasteiger charge is 2.06. The molecule has 2 heterocycles. The Morgan fingerprint density at radius 3 is 2.89 bits per heavy atom. The van der Waals surface area contributed by atoms with Gasteiger partial charge in [-0.25, -0.2) is 9.97 Å². The Balaban J connectivity index is 1.72. The van der Waals surface area contributed by atoms with Crippen LogP contribution in [0, 0.1) is 0 Å². The minimum absolute atomic E-state index is 0.716. The van der Waals surface area contributed by atoms with E-state index in [9.17, 15) is 0 Å². The second kappa shape index (κ2) is 5.16. The topological polar surface area (TPSA) is 55.6 Å². The third kappa shape index (κ3) is 2.46. The number of hydrogen-bond donors (Lipinski definition) is 1. The van der Waals surface area contributed by atoms with Gasteiger partial charge < -0.3 is 5.32 Å². The zero-order valence-corrected chi connectivity index (χ0v) is 10.7. The van der Waals surface area contributed by atoms with Gasteiger partial charge in [-0.2, -0.15) is 5.10 Å². The molecule has 0 aliphatic carbocycles. The lowest BCUT2D eigenvalue weighted by atomic mass is 10.2. The van der Waals surface area contributed by atoms with Gasteiger partial charge in [0, 0.05) is 31.7 Å². The van der Waals surface area contributed by atoms with Crippen molar-refractivity contribution in [1.29, 1.82) is 0 Å². The molecule has 1 N–H and O–H groups in total. The van der Waals surface area contributed by atoms with Crippen LogP contribution in [-0.2, 0) is 20.1 Å². The minimum Gasteiger partial charge on any atom is -0.305 e. The standard InChI is InChI=1S/C14H15N5/c1-19-14-5-3-2-4-12(14)13(18-19)9-16-8-11-6-7-15-10-17-11/h2-7,10,16H,8-9H2,1H3. The van der Waals surface area contributed by atoms with E-state index < -0.39 is 0 Å². The largest absolute Gasteiger partial charge is 0.305 e. The van der Waals surface area contributed by atoms with E-state index in [1.165, 1.54) is 5.39 Å². The highest BCUT2D eigenvalue weighted by atomic mass is 15.3. The van der Waals surface area contributed by atoms with Gasteiger partial charge in [0.1, 0.15) is 6.33 Å². The van der Waals surface area contributed by atoms with Crippen LogP contribution in [0.5, 0.6) is 0 Å². The van der Waals surface area contributed by atoms with Crippen LogP contribution in [-0.4, -0.2) is 19.7 Å². The maximum atomic E-state index is 4.54. The molecule has 0 aliphatic heterocycles. The summed E-state index contributed by atoms with van der Waals surface area (Å²) in [5, 5.41) is 9.09. The van der Waals surface area contributed by atoms with Crippen LogP contribution in [0.2, 0.25) is 0 Å². The number of nitrogens with zero attached hydrogens (tertiary/aromatic N) is 4. The quantitative estimate of drug-likeness (QED) is 0.768. The summed E-state index contributed by atoms with van der Waals surface area (Å²) in [6.07, 6.45) is 3.31. The van der Waals surface area contributed by atoms with Crippen LogP contribution < -0.4 is 5.32 Å². The number of para-hydroxylation sites is 1. The molecule has 96 valence electrons.